The van der Waals surface area contributed by atoms with Gasteiger partial charge in [0.05, 0.1) is 5.69 Å². The van der Waals surface area contributed by atoms with E-state index in [2.05, 4.69) is 25.5 Å². The zero-order valence-corrected chi connectivity index (χ0v) is 11.6. The quantitative estimate of drug-likeness (QED) is 0.861. The van der Waals surface area contributed by atoms with E-state index < -0.39 is 0 Å². The highest BCUT2D eigenvalue weighted by Gasteiger charge is 2.29. The Morgan fingerprint density at radius 3 is 2.65 bits per heavy atom. The van der Waals surface area contributed by atoms with Crippen LogP contribution in [0.15, 0.2) is 4.60 Å². The van der Waals surface area contributed by atoms with Crippen molar-refractivity contribution in [1.82, 2.24) is 9.55 Å². The molecule has 1 atom stereocenters. The Bertz CT molecular complexity index is 410. The van der Waals surface area contributed by atoms with Crippen LogP contribution in [0.4, 0.5) is 0 Å². The van der Waals surface area contributed by atoms with Crippen LogP contribution >= 0.6 is 15.9 Å². The van der Waals surface area contributed by atoms with Gasteiger partial charge in [0.1, 0.15) is 16.7 Å². The third kappa shape index (κ3) is 2.06. The average Bonchev–Trinajstić information content (AvgIpc) is 2.70. The summed E-state index contributed by atoms with van der Waals surface area (Å²) in [6, 6.07) is 0. The zero-order valence-electron chi connectivity index (χ0n) is 10.0. The van der Waals surface area contributed by atoms with Crippen molar-refractivity contribution in [3.8, 4) is 0 Å². The highest BCUT2D eigenvalue weighted by atomic mass is 79.9. The van der Waals surface area contributed by atoms with Crippen LogP contribution in [0.5, 0.6) is 0 Å². The number of hydrogen-bond acceptors (Lipinski definition) is 2. The molecule has 3 rings (SSSR count). The van der Waals surface area contributed by atoms with Gasteiger partial charge in [-0.05, 0) is 48.0 Å². The van der Waals surface area contributed by atoms with Gasteiger partial charge in [-0.25, -0.2) is 4.98 Å². The molecular weight excluding hydrogens is 280 g/mol. The first-order valence-electron chi connectivity index (χ1n) is 6.72. The molecule has 1 aliphatic carbocycles. The summed E-state index contributed by atoms with van der Waals surface area (Å²) in [5.74, 6) is 1.68. The van der Waals surface area contributed by atoms with Gasteiger partial charge < -0.3 is 9.67 Å². The molecule has 0 bridgehead atoms. The van der Waals surface area contributed by atoms with E-state index in [1.54, 1.807) is 0 Å². The second-order valence-corrected chi connectivity index (χ2v) is 6.04. The van der Waals surface area contributed by atoms with Crippen LogP contribution in [0.2, 0.25) is 0 Å². The van der Waals surface area contributed by atoms with E-state index in [4.69, 9.17) is 0 Å². The van der Waals surface area contributed by atoms with Crippen molar-refractivity contribution < 1.29 is 5.11 Å². The highest BCUT2D eigenvalue weighted by Crippen LogP contribution is 2.38. The number of fused-ring (bicyclic) bond motifs is 1. The van der Waals surface area contributed by atoms with Gasteiger partial charge in [0.15, 0.2) is 0 Å². The molecule has 0 aromatic carbocycles. The van der Waals surface area contributed by atoms with Gasteiger partial charge in [0.2, 0.25) is 0 Å². The van der Waals surface area contributed by atoms with Crippen LogP contribution in [0.1, 0.15) is 68.6 Å². The van der Waals surface area contributed by atoms with Gasteiger partial charge in [-0.1, -0.05) is 19.3 Å². The molecule has 3 nitrogen and oxygen atoms in total. The lowest BCUT2D eigenvalue weighted by Gasteiger charge is -2.27. The Labute approximate surface area is 110 Å². The molecule has 2 aliphatic rings. The number of aliphatic hydroxyl groups is 1. The number of halogens is 1. The molecule has 1 aromatic rings. The highest BCUT2D eigenvalue weighted by molar-refractivity contribution is 9.10. The van der Waals surface area contributed by atoms with Crippen LogP contribution < -0.4 is 0 Å². The maximum atomic E-state index is 10.2. The van der Waals surface area contributed by atoms with Gasteiger partial charge in [0, 0.05) is 5.92 Å². The Morgan fingerprint density at radius 2 is 1.88 bits per heavy atom. The molecule has 1 fully saturated rings. The smallest absolute Gasteiger partial charge is 0.132 e. The lowest BCUT2D eigenvalue weighted by Crippen LogP contribution is -2.21. The maximum absolute atomic E-state index is 10.2. The van der Waals surface area contributed by atoms with Crippen molar-refractivity contribution in [2.75, 3.05) is 0 Å². The van der Waals surface area contributed by atoms with Crippen LogP contribution in [0.3, 0.4) is 0 Å². The minimum atomic E-state index is -0.352. The zero-order chi connectivity index (χ0) is 11.8. The number of nitrogens with zero attached hydrogens (tertiary/aromatic N) is 2. The topological polar surface area (TPSA) is 38.1 Å². The van der Waals surface area contributed by atoms with E-state index in [-0.39, 0.29) is 6.23 Å². The van der Waals surface area contributed by atoms with E-state index in [0.29, 0.717) is 5.92 Å². The molecule has 17 heavy (non-hydrogen) atoms. The van der Waals surface area contributed by atoms with Gasteiger partial charge in [0.25, 0.3) is 0 Å². The molecule has 1 aromatic heterocycles. The molecule has 1 N–H and O–H groups in total. The normalized spacial score (nSPS) is 25.9. The lowest BCUT2D eigenvalue weighted by atomic mass is 9.88. The molecule has 94 valence electrons. The fraction of sp³-hybridized carbons (Fsp3) is 0.769. The van der Waals surface area contributed by atoms with Crippen LogP contribution in [0, 0.1) is 0 Å². The third-order valence-electron chi connectivity index (χ3n) is 4.13. The summed E-state index contributed by atoms with van der Waals surface area (Å²) in [7, 11) is 0. The van der Waals surface area contributed by atoms with Crippen molar-refractivity contribution in [1.29, 1.82) is 0 Å². The number of aromatic nitrogens is 2. The summed E-state index contributed by atoms with van der Waals surface area (Å²) in [6.07, 6.45) is 9.05. The molecule has 0 amide bonds. The van der Waals surface area contributed by atoms with E-state index in [9.17, 15) is 5.11 Å². The molecule has 0 saturated heterocycles. The first-order chi connectivity index (χ1) is 8.27. The first-order valence-corrected chi connectivity index (χ1v) is 7.51. The predicted octanol–water partition coefficient (Wildman–Crippen LogP) is 3.52. The van der Waals surface area contributed by atoms with E-state index in [0.717, 1.165) is 29.7 Å². The molecule has 0 radical (unpaired) electrons. The summed E-state index contributed by atoms with van der Waals surface area (Å²) in [5.41, 5.74) is 1.20. The van der Waals surface area contributed by atoms with Crippen LogP contribution in [-0.4, -0.2) is 14.7 Å². The fourth-order valence-electron chi connectivity index (χ4n) is 3.24. The Hall–Kier alpha value is -0.350. The molecule has 2 heterocycles. The van der Waals surface area contributed by atoms with E-state index >= 15 is 0 Å². The maximum Gasteiger partial charge on any atom is 0.132 e. The molecule has 1 saturated carbocycles. The van der Waals surface area contributed by atoms with Crippen LogP contribution in [-0.2, 0) is 6.42 Å². The number of aliphatic hydroxyl groups excluding tert-OH is 1. The lowest BCUT2D eigenvalue weighted by molar-refractivity contribution is 0.0736. The third-order valence-corrected chi connectivity index (χ3v) is 4.77. The molecular formula is C13H19BrN2O. The van der Waals surface area contributed by atoms with Gasteiger partial charge >= 0.3 is 0 Å². The summed E-state index contributed by atoms with van der Waals surface area (Å²) in [6.45, 7) is 0. The van der Waals surface area contributed by atoms with E-state index in [1.165, 1.54) is 37.8 Å². The van der Waals surface area contributed by atoms with Crippen molar-refractivity contribution in [2.24, 2.45) is 0 Å². The summed E-state index contributed by atoms with van der Waals surface area (Å²) in [4.78, 5) is 4.69. The molecule has 4 heteroatoms. The van der Waals surface area contributed by atoms with Crippen LogP contribution in [0.25, 0.3) is 0 Å². The monoisotopic (exact) mass is 298 g/mol. The van der Waals surface area contributed by atoms with Crippen molar-refractivity contribution in [3.05, 3.63) is 16.1 Å². The minimum absolute atomic E-state index is 0.352. The first kappa shape index (κ1) is 11.7. The number of hydrogen-bond donors (Lipinski definition) is 1. The van der Waals surface area contributed by atoms with E-state index in [1.807, 2.05) is 0 Å². The SMILES string of the molecule is OC1CCCc2c(Br)nc(C3CCCCC3)n21. The minimum Gasteiger partial charge on any atom is -0.373 e. The second kappa shape index (κ2) is 4.73. The van der Waals surface area contributed by atoms with Gasteiger partial charge in [-0.2, -0.15) is 0 Å². The van der Waals surface area contributed by atoms with Gasteiger partial charge in [-0.15, -0.1) is 0 Å². The standard InChI is InChI=1S/C13H19BrN2O/c14-12-10-7-4-8-11(17)16(10)13(15-12)9-5-2-1-3-6-9/h9,11,17H,1-8H2. The number of rotatable bonds is 1. The predicted molar refractivity (Wildman–Crippen MR) is 69.9 cm³/mol. The van der Waals surface area contributed by atoms with Crippen molar-refractivity contribution in [3.63, 3.8) is 0 Å². The largest absolute Gasteiger partial charge is 0.373 e. The Kier molecular flexibility index (Phi) is 3.26. The molecule has 1 unspecified atom stereocenters. The summed E-state index contributed by atoms with van der Waals surface area (Å²) < 4.78 is 3.06. The molecule has 1 aliphatic heterocycles. The fourth-order valence-corrected chi connectivity index (χ4v) is 3.81. The number of imidazole rings is 1. The van der Waals surface area contributed by atoms with Crippen molar-refractivity contribution in [2.45, 2.75) is 63.5 Å². The summed E-state index contributed by atoms with van der Waals surface area (Å²) >= 11 is 3.55. The summed E-state index contributed by atoms with van der Waals surface area (Å²) in [5, 5.41) is 10.2. The Balaban J connectivity index is 1.98. The van der Waals surface area contributed by atoms with Crippen molar-refractivity contribution >= 4 is 15.9 Å². The second-order valence-electron chi connectivity index (χ2n) is 5.29. The Morgan fingerprint density at radius 1 is 1.12 bits per heavy atom. The average molecular weight is 299 g/mol. The van der Waals surface area contributed by atoms with Gasteiger partial charge in [-0.3, -0.25) is 0 Å². The molecule has 0 spiro atoms.